The number of hydrogen-bond donors (Lipinski definition) is 7. The van der Waals surface area contributed by atoms with Crippen molar-refractivity contribution in [2.75, 3.05) is 20.8 Å². The van der Waals surface area contributed by atoms with Gasteiger partial charge in [-0.05, 0) is 13.8 Å². The Labute approximate surface area is 196 Å². The minimum atomic E-state index is -1.70. The van der Waals surface area contributed by atoms with Gasteiger partial charge in [0, 0.05) is 14.2 Å². The third-order valence-corrected chi connectivity index (χ3v) is 6.51. The van der Waals surface area contributed by atoms with E-state index in [1.807, 2.05) is 0 Å². The molecule has 0 radical (unpaired) electrons. The third-order valence-electron chi connectivity index (χ3n) is 6.51. The Balaban J connectivity index is 1.80. The van der Waals surface area contributed by atoms with Gasteiger partial charge in [0.1, 0.15) is 61.0 Å². The van der Waals surface area contributed by atoms with Crippen molar-refractivity contribution in [3.05, 3.63) is 0 Å². The molecule has 0 aromatic heterocycles. The number of aliphatic hydroxyl groups excluding tert-OH is 7. The van der Waals surface area contributed by atoms with Gasteiger partial charge in [-0.2, -0.15) is 0 Å². The number of ether oxygens (including phenoxy) is 7. The molecule has 3 rings (SSSR count). The first-order chi connectivity index (χ1) is 16.0. The summed E-state index contributed by atoms with van der Waals surface area (Å²) in [6, 6.07) is 0. The molecule has 0 aromatic rings. The average molecular weight is 500 g/mol. The lowest BCUT2D eigenvalue weighted by Gasteiger charge is -2.48. The monoisotopic (exact) mass is 500 g/mol. The van der Waals surface area contributed by atoms with Crippen LogP contribution in [0.5, 0.6) is 0 Å². The maximum atomic E-state index is 10.7. The van der Waals surface area contributed by atoms with Crippen LogP contribution in [0.15, 0.2) is 0 Å². The van der Waals surface area contributed by atoms with Crippen molar-refractivity contribution >= 4 is 0 Å². The van der Waals surface area contributed by atoms with E-state index in [1.54, 1.807) is 6.92 Å². The molecule has 14 heteroatoms. The minimum Gasteiger partial charge on any atom is -0.394 e. The highest BCUT2D eigenvalue weighted by Gasteiger charge is 2.53. The van der Waals surface area contributed by atoms with Gasteiger partial charge >= 0.3 is 0 Å². The fourth-order valence-electron chi connectivity index (χ4n) is 4.40. The summed E-state index contributed by atoms with van der Waals surface area (Å²) in [6.07, 6.45) is -19.1. The van der Waals surface area contributed by atoms with Gasteiger partial charge in [-0.15, -0.1) is 0 Å². The summed E-state index contributed by atoms with van der Waals surface area (Å²) in [5.41, 5.74) is 0. The highest BCUT2D eigenvalue weighted by molar-refractivity contribution is 4.96. The molecule has 3 heterocycles. The van der Waals surface area contributed by atoms with Crippen LogP contribution in [0, 0.1) is 0 Å². The highest BCUT2D eigenvalue weighted by atomic mass is 16.8. The van der Waals surface area contributed by atoms with Crippen LogP contribution in [0.4, 0.5) is 0 Å². The zero-order valence-corrected chi connectivity index (χ0v) is 19.4. The van der Waals surface area contributed by atoms with Crippen molar-refractivity contribution in [1.29, 1.82) is 0 Å². The lowest BCUT2D eigenvalue weighted by molar-refractivity contribution is -0.378. The molecule has 200 valence electrons. The summed E-state index contributed by atoms with van der Waals surface area (Å²) >= 11 is 0. The summed E-state index contributed by atoms with van der Waals surface area (Å²) in [7, 11) is 2.60. The Morgan fingerprint density at radius 1 is 0.588 bits per heavy atom. The molecule has 3 fully saturated rings. The second-order valence-electron chi connectivity index (χ2n) is 8.72. The largest absolute Gasteiger partial charge is 0.394 e. The van der Waals surface area contributed by atoms with E-state index in [4.69, 9.17) is 33.2 Å². The van der Waals surface area contributed by atoms with Crippen LogP contribution in [0.3, 0.4) is 0 Å². The first-order valence-corrected chi connectivity index (χ1v) is 11.1. The van der Waals surface area contributed by atoms with Gasteiger partial charge in [0.25, 0.3) is 0 Å². The van der Waals surface area contributed by atoms with Crippen LogP contribution < -0.4 is 0 Å². The normalized spacial score (nSPS) is 52.5. The third kappa shape index (κ3) is 5.40. The van der Waals surface area contributed by atoms with Gasteiger partial charge in [-0.3, -0.25) is 0 Å². The predicted octanol–water partition coefficient (Wildman–Crippen LogP) is -4.21. The van der Waals surface area contributed by atoms with E-state index in [1.165, 1.54) is 21.1 Å². The Kier molecular flexibility index (Phi) is 9.61. The standard InChI is InChI=1S/C20H36O14/c1-6-9(22)14(16(28-3)18(27)30-6)34-20-17(29-4)15(10(23)7(2)31-20)33-19-13(26)12(25)11(24)8(5-21)32-19/h6-27H,5H2,1-4H3/t6-,7-,8+,9-,10-,11+,12-,13+,14+,15+,16+,17+,18+,19-,20-/m0/s1. The molecular weight excluding hydrogens is 464 g/mol. The second kappa shape index (κ2) is 11.7. The number of aliphatic hydroxyl groups is 7. The van der Waals surface area contributed by atoms with Crippen molar-refractivity contribution in [2.45, 2.75) is 106 Å². The van der Waals surface area contributed by atoms with Gasteiger partial charge in [-0.25, -0.2) is 0 Å². The molecule has 0 saturated carbocycles. The van der Waals surface area contributed by atoms with E-state index in [0.717, 1.165) is 0 Å². The number of rotatable bonds is 7. The summed E-state index contributed by atoms with van der Waals surface area (Å²) in [4.78, 5) is 0. The topological polar surface area (TPSA) is 206 Å². The van der Waals surface area contributed by atoms with Crippen LogP contribution in [0.2, 0.25) is 0 Å². The van der Waals surface area contributed by atoms with E-state index < -0.39 is 98.7 Å². The zero-order chi connectivity index (χ0) is 25.3. The van der Waals surface area contributed by atoms with Crippen LogP contribution in [-0.4, -0.2) is 149 Å². The predicted molar refractivity (Wildman–Crippen MR) is 108 cm³/mol. The fourth-order valence-corrected chi connectivity index (χ4v) is 4.40. The quantitative estimate of drug-likeness (QED) is 0.177. The number of methoxy groups -OCH3 is 2. The molecule has 0 amide bonds. The highest BCUT2D eigenvalue weighted by Crippen LogP contribution is 2.33. The first kappa shape index (κ1) is 28.0. The van der Waals surface area contributed by atoms with E-state index in [9.17, 15) is 35.7 Å². The van der Waals surface area contributed by atoms with Gasteiger partial charge in [-0.1, -0.05) is 0 Å². The molecule has 3 aliphatic rings. The van der Waals surface area contributed by atoms with Crippen LogP contribution in [0.1, 0.15) is 13.8 Å². The first-order valence-electron chi connectivity index (χ1n) is 11.1. The average Bonchev–Trinajstić information content (AvgIpc) is 2.80. The Hall–Kier alpha value is -0.560. The van der Waals surface area contributed by atoms with Crippen molar-refractivity contribution in [3.8, 4) is 0 Å². The van der Waals surface area contributed by atoms with Crippen molar-refractivity contribution in [2.24, 2.45) is 0 Å². The molecule has 7 N–H and O–H groups in total. The maximum absolute atomic E-state index is 10.7. The van der Waals surface area contributed by atoms with Crippen LogP contribution >= 0.6 is 0 Å². The van der Waals surface area contributed by atoms with E-state index >= 15 is 0 Å². The second-order valence-corrected chi connectivity index (χ2v) is 8.72. The molecule has 0 bridgehead atoms. The summed E-state index contributed by atoms with van der Waals surface area (Å²) in [5.74, 6) is 0. The van der Waals surface area contributed by atoms with Gasteiger partial charge in [0.15, 0.2) is 18.9 Å². The van der Waals surface area contributed by atoms with E-state index in [0.29, 0.717) is 0 Å². The van der Waals surface area contributed by atoms with Crippen molar-refractivity contribution in [1.82, 2.24) is 0 Å². The Morgan fingerprint density at radius 3 is 1.68 bits per heavy atom. The fraction of sp³-hybridized carbons (Fsp3) is 1.00. The molecule has 0 aliphatic carbocycles. The molecule has 0 unspecified atom stereocenters. The molecule has 3 aliphatic heterocycles. The molecule has 15 atom stereocenters. The molecule has 0 spiro atoms. The van der Waals surface area contributed by atoms with Crippen molar-refractivity contribution in [3.63, 3.8) is 0 Å². The van der Waals surface area contributed by atoms with Crippen LogP contribution in [-0.2, 0) is 33.2 Å². The molecule has 34 heavy (non-hydrogen) atoms. The Morgan fingerprint density at radius 2 is 1.12 bits per heavy atom. The SMILES string of the molecule is CO[C@@H]1[C@H](O[C@@H]2O[C@@H](C)[C@H](O)[C@@H](O[C@@H]3O[C@H](CO)[C@@H](O)[C@H](O)[C@H]3O)[C@H]2OC)[C@@H](O)[C@H](C)O[C@H]1O. The summed E-state index contributed by atoms with van der Waals surface area (Å²) in [5, 5.41) is 71.3. The molecular formula is C20H36O14. The molecule has 3 saturated heterocycles. The summed E-state index contributed by atoms with van der Waals surface area (Å²) in [6.45, 7) is 2.42. The van der Waals surface area contributed by atoms with Crippen molar-refractivity contribution < 1.29 is 68.9 Å². The molecule has 14 nitrogen and oxygen atoms in total. The zero-order valence-electron chi connectivity index (χ0n) is 19.4. The lowest BCUT2D eigenvalue weighted by Crippen LogP contribution is -2.66. The minimum absolute atomic E-state index is 0.655. The number of hydrogen-bond acceptors (Lipinski definition) is 14. The van der Waals surface area contributed by atoms with Crippen LogP contribution in [0.25, 0.3) is 0 Å². The van der Waals surface area contributed by atoms with E-state index in [-0.39, 0.29) is 0 Å². The van der Waals surface area contributed by atoms with Gasteiger partial charge in [0.2, 0.25) is 0 Å². The molecule has 0 aromatic carbocycles. The lowest BCUT2D eigenvalue weighted by atomic mass is 9.96. The van der Waals surface area contributed by atoms with Gasteiger partial charge < -0.3 is 68.9 Å². The van der Waals surface area contributed by atoms with E-state index in [2.05, 4.69) is 0 Å². The summed E-state index contributed by atoms with van der Waals surface area (Å²) < 4.78 is 38.8. The Bertz CT molecular complexity index is 638. The smallest absolute Gasteiger partial charge is 0.187 e. The van der Waals surface area contributed by atoms with Gasteiger partial charge in [0.05, 0.1) is 18.8 Å². The maximum Gasteiger partial charge on any atom is 0.187 e.